The van der Waals surface area contributed by atoms with E-state index >= 15 is 0 Å². The second-order valence-corrected chi connectivity index (χ2v) is 4.31. The van der Waals surface area contributed by atoms with Crippen molar-refractivity contribution in [2.75, 3.05) is 0 Å². The molecule has 0 heterocycles. The van der Waals surface area contributed by atoms with Crippen molar-refractivity contribution in [3.63, 3.8) is 0 Å². The number of ether oxygens (including phenoxy) is 2. The molecule has 102 valence electrons. The Morgan fingerprint density at radius 3 is 2.25 bits per heavy atom. The molecular weight excluding hydrogens is 369 g/mol. The van der Waals surface area contributed by atoms with Gasteiger partial charge in [0.15, 0.2) is 11.5 Å². The molecule has 2 aromatic rings. The monoisotopic (exact) mass is 384 g/mol. The van der Waals surface area contributed by atoms with Crippen molar-refractivity contribution >= 4 is 13.6 Å². The SMILES string of the molecule is CC(C)Oc1ccccc1OCc1cc[c-]cc1.[Zn+][Br]. The van der Waals surface area contributed by atoms with Gasteiger partial charge in [0.05, 0.1) is 12.7 Å². The van der Waals surface area contributed by atoms with Gasteiger partial charge in [-0.25, -0.2) is 0 Å². The molecule has 0 saturated carbocycles. The van der Waals surface area contributed by atoms with Crippen molar-refractivity contribution in [3.05, 3.63) is 60.2 Å². The van der Waals surface area contributed by atoms with Crippen LogP contribution in [0.5, 0.6) is 11.5 Å². The molecule has 0 aliphatic heterocycles. The number of halogens is 1. The fraction of sp³-hybridized carbons (Fsp3) is 0.250. The molecule has 0 N–H and O–H groups in total. The van der Waals surface area contributed by atoms with Gasteiger partial charge >= 0.3 is 30.0 Å². The Hall–Kier alpha value is -0.857. The van der Waals surface area contributed by atoms with Crippen LogP contribution in [0.15, 0.2) is 48.5 Å². The first kappa shape index (κ1) is 17.2. The minimum atomic E-state index is 0.140. The van der Waals surface area contributed by atoms with Gasteiger partial charge in [-0.3, -0.25) is 0 Å². The Morgan fingerprint density at radius 1 is 1.05 bits per heavy atom. The third-order valence-corrected chi connectivity index (χ3v) is 2.39. The van der Waals surface area contributed by atoms with E-state index in [9.17, 15) is 0 Å². The van der Waals surface area contributed by atoms with Gasteiger partial charge in [-0.1, -0.05) is 12.1 Å². The van der Waals surface area contributed by atoms with E-state index in [2.05, 4.69) is 19.7 Å². The minimum absolute atomic E-state index is 0.140. The van der Waals surface area contributed by atoms with Gasteiger partial charge in [0.1, 0.15) is 0 Å². The Bertz CT molecular complexity index is 489. The summed E-state index contributed by atoms with van der Waals surface area (Å²) in [5, 5.41) is 0. The molecule has 0 saturated heterocycles. The van der Waals surface area contributed by atoms with Crippen LogP contribution in [0.2, 0.25) is 0 Å². The van der Waals surface area contributed by atoms with Gasteiger partial charge < -0.3 is 9.47 Å². The molecule has 2 aromatic carbocycles. The second kappa shape index (κ2) is 9.96. The zero-order chi connectivity index (χ0) is 14.8. The van der Waals surface area contributed by atoms with Crippen LogP contribution in [-0.2, 0) is 22.9 Å². The standard InChI is InChI=1S/C16H17O2.BrH.Zn/c1-13(2)18-16-11-7-6-10-15(16)17-12-14-8-4-3-5-9-14;;/h4-11,13H,12H2,1-2H3;1H;/q-1;;+2/p-1. The van der Waals surface area contributed by atoms with Crippen LogP contribution in [0.25, 0.3) is 0 Å². The summed E-state index contributed by atoms with van der Waals surface area (Å²) in [6.07, 6.45) is 0.140. The van der Waals surface area contributed by atoms with Crippen LogP contribution in [0, 0.1) is 6.07 Å². The molecular formula is C16H17BrO2Zn. The molecule has 2 rings (SSSR count). The third-order valence-electron chi connectivity index (χ3n) is 2.39. The molecule has 2 nitrogen and oxygen atoms in total. The van der Waals surface area contributed by atoms with Crippen LogP contribution >= 0.6 is 13.6 Å². The summed E-state index contributed by atoms with van der Waals surface area (Å²) in [6.45, 7) is 4.54. The molecule has 4 heteroatoms. The van der Waals surface area contributed by atoms with Crippen molar-refractivity contribution in [2.45, 2.75) is 26.6 Å². The van der Waals surface area contributed by atoms with Crippen LogP contribution < -0.4 is 9.47 Å². The molecule has 0 radical (unpaired) electrons. The van der Waals surface area contributed by atoms with E-state index in [-0.39, 0.29) is 6.10 Å². The van der Waals surface area contributed by atoms with Gasteiger partial charge in [0.25, 0.3) is 0 Å². The Balaban J connectivity index is 0.000000956. The average molecular weight is 387 g/mol. The number of para-hydroxylation sites is 2. The Kier molecular flexibility index (Phi) is 8.56. The summed E-state index contributed by atoms with van der Waals surface area (Å²) in [6, 6.07) is 18.5. The van der Waals surface area contributed by atoms with Gasteiger partial charge in [-0.15, -0.1) is 5.56 Å². The number of rotatable bonds is 5. The average Bonchev–Trinajstić information content (AvgIpc) is 2.49. The van der Waals surface area contributed by atoms with Crippen molar-refractivity contribution in [2.24, 2.45) is 0 Å². The molecule has 0 spiro atoms. The molecule has 0 aromatic heterocycles. The predicted octanol–water partition coefficient (Wildman–Crippen LogP) is 4.70. The Morgan fingerprint density at radius 2 is 1.65 bits per heavy atom. The van der Waals surface area contributed by atoms with Gasteiger partial charge in [0, 0.05) is 0 Å². The molecule has 0 atom stereocenters. The molecule has 0 aliphatic carbocycles. The van der Waals surface area contributed by atoms with Crippen molar-refractivity contribution in [1.29, 1.82) is 0 Å². The first-order valence-corrected chi connectivity index (χ1v) is 13.3. The van der Waals surface area contributed by atoms with Crippen LogP contribution in [0.3, 0.4) is 0 Å². The first-order valence-electron chi connectivity index (χ1n) is 6.36. The summed E-state index contributed by atoms with van der Waals surface area (Å²) in [7, 11) is 0. The summed E-state index contributed by atoms with van der Waals surface area (Å²) in [5.74, 6) is 1.56. The van der Waals surface area contributed by atoms with E-state index in [0.29, 0.717) is 6.61 Å². The van der Waals surface area contributed by atoms with E-state index < -0.39 is 0 Å². The van der Waals surface area contributed by atoms with Gasteiger partial charge in [-0.05, 0) is 26.0 Å². The van der Waals surface area contributed by atoms with E-state index in [1.165, 1.54) is 16.3 Å². The van der Waals surface area contributed by atoms with E-state index in [0.717, 1.165) is 17.1 Å². The maximum atomic E-state index is 5.79. The predicted molar refractivity (Wildman–Crippen MR) is 80.7 cm³/mol. The van der Waals surface area contributed by atoms with Crippen LogP contribution in [-0.4, -0.2) is 6.10 Å². The normalized spacial score (nSPS) is 9.70. The van der Waals surface area contributed by atoms with Crippen molar-refractivity contribution < 1.29 is 25.8 Å². The van der Waals surface area contributed by atoms with E-state index in [4.69, 9.17) is 9.47 Å². The molecule has 0 unspecified atom stereocenters. The topological polar surface area (TPSA) is 18.5 Å². The molecule has 0 bridgehead atoms. The molecule has 0 amide bonds. The zero-order valence-corrected chi connectivity index (χ0v) is 16.4. The summed E-state index contributed by atoms with van der Waals surface area (Å²) in [4.78, 5) is 0. The zero-order valence-electron chi connectivity index (χ0n) is 11.8. The molecule has 0 fully saturated rings. The van der Waals surface area contributed by atoms with Gasteiger partial charge in [-0.2, -0.15) is 30.3 Å². The van der Waals surface area contributed by atoms with E-state index in [1.807, 2.05) is 62.4 Å². The molecule has 0 aliphatic rings. The number of benzene rings is 2. The fourth-order valence-corrected chi connectivity index (χ4v) is 1.60. The second-order valence-electron chi connectivity index (χ2n) is 4.31. The summed E-state index contributed by atoms with van der Waals surface area (Å²) in [5.41, 5.74) is 1.12. The quantitative estimate of drug-likeness (QED) is 0.548. The number of hydrogen-bond acceptors (Lipinski definition) is 2. The van der Waals surface area contributed by atoms with E-state index in [1.54, 1.807) is 0 Å². The fourth-order valence-electron chi connectivity index (χ4n) is 1.60. The van der Waals surface area contributed by atoms with Crippen LogP contribution in [0.1, 0.15) is 19.4 Å². The number of hydrogen-bond donors (Lipinski definition) is 0. The van der Waals surface area contributed by atoms with Crippen molar-refractivity contribution in [1.82, 2.24) is 0 Å². The Labute approximate surface area is 137 Å². The van der Waals surface area contributed by atoms with Crippen LogP contribution in [0.4, 0.5) is 0 Å². The summed E-state index contributed by atoms with van der Waals surface area (Å²) < 4.78 is 11.5. The maximum absolute atomic E-state index is 5.79. The molecule has 20 heavy (non-hydrogen) atoms. The van der Waals surface area contributed by atoms with Crippen molar-refractivity contribution in [3.8, 4) is 11.5 Å². The van der Waals surface area contributed by atoms with Gasteiger partial charge in [0.2, 0.25) is 0 Å². The first-order chi connectivity index (χ1) is 9.75. The summed E-state index contributed by atoms with van der Waals surface area (Å²) >= 11 is 4.25. The third kappa shape index (κ3) is 6.06.